The Morgan fingerprint density at radius 1 is 0.882 bits per heavy atom. The van der Waals surface area contributed by atoms with Gasteiger partial charge in [-0.05, 0) is 30.3 Å². The van der Waals surface area contributed by atoms with Crippen molar-refractivity contribution in [2.45, 2.75) is 12.6 Å². The molecule has 4 rings (SSSR count). The molecule has 1 N–H and O–H groups in total. The highest BCUT2D eigenvalue weighted by Crippen LogP contribution is 2.43. The maximum atomic E-state index is 13.3. The number of aliphatic hydroxyl groups is 1. The fourth-order valence-corrected chi connectivity index (χ4v) is 4.12. The number of nitrogens with zero attached hydrogens (tertiary/aromatic N) is 2. The first-order valence-corrected chi connectivity index (χ1v) is 10.5. The molecule has 0 bridgehead atoms. The van der Waals surface area contributed by atoms with Gasteiger partial charge in [0.05, 0.1) is 39.1 Å². The Morgan fingerprint density at radius 3 is 2.12 bits per heavy atom. The van der Waals surface area contributed by atoms with E-state index in [-0.39, 0.29) is 17.7 Å². The predicted octanol–water partition coefficient (Wildman–Crippen LogP) is 3.73. The minimum absolute atomic E-state index is 0.0790. The number of Topliss-reactive ketones (excluding diaryl/α,β-unsaturated/α-hetero) is 1. The summed E-state index contributed by atoms with van der Waals surface area (Å²) in [6.45, 7) is 0.0790. The van der Waals surface area contributed by atoms with Crippen LogP contribution in [0.15, 0.2) is 72.4 Å². The quantitative estimate of drug-likeness (QED) is 0.326. The zero-order valence-corrected chi connectivity index (χ0v) is 19.0. The molecule has 1 aliphatic rings. The normalized spacial score (nSPS) is 17.0. The molecule has 1 aromatic heterocycles. The molecule has 1 unspecified atom stereocenters. The highest BCUT2D eigenvalue weighted by molar-refractivity contribution is 6.46. The molecule has 0 spiro atoms. The molecule has 174 valence electrons. The summed E-state index contributed by atoms with van der Waals surface area (Å²) in [5, 5.41) is 11.4. The van der Waals surface area contributed by atoms with Crippen molar-refractivity contribution in [3.8, 4) is 17.2 Å². The van der Waals surface area contributed by atoms with Crippen LogP contribution in [-0.2, 0) is 16.1 Å². The van der Waals surface area contributed by atoms with Crippen LogP contribution in [0.1, 0.15) is 22.9 Å². The zero-order valence-electron chi connectivity index (χ0n) is 19.0. The lowest BCUT2D eigenvalue weighted by molar-refractivity contribution is -0.140. The Labute approximate surface area is 197 Å². The van der Waals surface area contributed by atoms with Crippen molar-refractivity contribution in [2.24, 2.45) is 0 Å². The molecule has 1 aliphatic heterocycles. The van der Waals surface area contributed by atoms with Crippen LogP contribution in [0.5, 0.6) is 17.2 Å². The van der Waals surface area contributed by atoms with Gasteiger partial charge in [-0.25, -0.2) is 0 Å². The summed E-state index contributed by atoms with van der Waals surface area (Å²) in [4.78, 5) is 32.3. The first-order valence-electron chi connectivity index (χ1n) is 10.5. The largest absolute Gasteiger partial charge is 0.506 e. The molecule has 1 atom stereocenters. The van der Waals surface area contributed by atoms with Crippen LogP contribution < -0.4 is 14.2 Å². The van der Waals surface area contributed by atoms with E-state index < -0.39 is 23.5 Å². The lowest BCUT2D eigenvalue weighted by Crippen LogP contribution is -2.29. The molecule has 1 fully saturated rings. The second-order valence-electron chi connectivity index (χ2n) is 7.53. The molecular weight excluding hydrogens is 436 g/mol. The van der Waals surface area contributed by atoms with Gasteiger partial charge in [-0.3, -0.25) is 14.6 Å². The lowest BCUT2D eigenvalue weighted by Gasteiger charge is -2.25. The van der Waals surface area contributed by atoms with Gasteiger partial charge in [0.25, 0.3) is 11.7 Å². The average molecular weight is 460 g/mol. The molecule has 8 nitrogen and oxygen atoms in total. The van der Waals surface area contributed by atoms with Crippen LogP contribution in [0.2, 0.25) is 0 Å². The summed E-state index contributed by atoms with van der Waals surface area (Å²) in [5.74, 6) is -0.797. The van der Waals surface area contributed by atoms with E-state index in [0.717, 1.165) is 0 Å². The first kappa shape index (κ1) is 22.8. The van der Waals surface area contributed by atoms with Gasteiger partial charge < -0.3 is 24.2 Å². The van der Waals surface area contributed by atoms with Crippen molar-refractivity contribution >= 4 is 17.4 Å². The number of benzene rings is 2. The number of carbonyl (C=O) groups is 2. The number of rotatable bonds is 7. The van der Waals surface area contributed by atoms with Crippen LogP contribution in [0.3, 0.4) is 0 Å². The molecular formula is C26H24N2O6. The Bertz CT molecular complexity index is 1230. The van der Waals surface area contributed by atoms with Crippen LogP contribution in [0.25, 0.3) is 5.76 Å². The van der Waals surface area contributed by atoms with Gasteiger partial charge in [0.1, 0.15) is 34.6 Å². The van der Waals surface area contributed by atoms with E-state index in [9.17, 15) is 14.7 Å². The van der Waals surface area contributed by atoms with Gasteiger partial charge in [0.2, 0.25) is 0 Å². The molecule has 1 saturated heterocycles. The Kier molecular flexibility index (Phi) is 6.49. The first-order chi connectivity index (χ1) is 16.5. The maximum absolute atomic E-state index is 13.3. The van der Waals surface area contributed by atoms with Gasteiger partial charge in [-0.1, -0.05) is 30.3 Å². The van der Waals surface area contributed by atoms with Crippen molar-refractivity contribution in [3.05, 3.63) is 89.3 Å². The van der Waals surface area contributed by atoms with Gasteiger partial charge in [0, 0.05) is 11.8 Å². The number of carbonyl (C=O) groups excluding carboxylic acids is 2. The number of hydrogen-bond donors (Lipinski definition) is 1. The number of ether oxygens (including phenoxy) is 3. The Balaban J connectivity index is 1.93. The molecule has 2 aromatic carbocycles. The number of aromatic nitrogens is 1. The molecule has 8 heteroatoms. The molecule has 1 amide bonds. The van der Waals surface area contributed by atoms with E-state index in [1.54, 1.807) is 48.7 Å². The number of hydrogen-bond acceptors (Lipinski definition) is 7. The maximum Gasteiger partial charge on any atom is 0.296 e. The number of ketones is 1. The fourth-order valence-electron chi connectivity index (χ4n) is 4.12. The van der Waals surface area contributed by atoms with Crippen molar-refractivity contribution in [1.82, 2.24) is 9.88 Å². The summed E-state index contributed by atoms with van der Waals surface area (Å²) in [5.41, 5.74) is 1.24. The summed E-state index contributed by atoms with van der Waals surface area (Å²) in [7, 11) is 4.43. The van der Waals surface area contributed by atoms with Gasteiger partial charge >= 0.3 is 0 Å². The highest BCUT2D eigenvalue weighted by Gasteiger charge is 2.47. The van der Waals surface area contributed by atoms with E-state index >= 15 is 0 Å². The van der Waals surface area contributed by atoms with E-state index in [1.807, 2.05) is 18.2 Å². The summed E-state index contributed by atoms with van der Waals surface area (Å²) in [6, 6.07) is 16.5. The molecule has 2 heterocycles. The van der Waals surface area contributed by atoms with E-state index in [4.69, 9.17) is 14.2 Å². The molecule has 3 aromatic rings. The van der Waals surface area contributed by atoms with Crippen LogP contribution >= 0.6 is 0 Å². The van der Waals surface area contributed by atoms with Crippen molar-refractivity contribution in [1.29, 1.82) is 0 Å². The lowest BCUT2D eigenvalue weighted by atomic mass is 9.97. The summed E-state index contributed by atoms with van der Waals surface area (Å²) >= 11 is 0. The second-order valence-corrected chi connectivity index (χ2v) is 7.53. The van der Waals surface area contributed by atoms with E-state index in [1.165, 1.54) is 26.2 Å². The number of methoxy groups -OCH3 is 3. The van der Waals surface area contributed by atoms with Crippen molar-refractivity contribution < 1.29 is 28.9 Å². The molecule has 0 aliphatic carbocycles. The van der Waals surface area contributed by atoms with Gasteiger partial charge in [-0.2, -0.15) is 0 Å². The molecule has 0 radical (unpaired) electrons. The number of aliphatic hydroxyl groups excluding tert-OH is 1. The van der Waals surface area contributed by atoms with Gasteiger partial charge in [0.15, 0.2) is 0 Å². The second kappa shape index (κ2) is 9.66. The van der Waals surface area contributed by atoms with Crippen molar-refractivity contribution in [2.75, 3.05) is 21.3 Å². The van der Waals surface area contributed by atoms with E-state index in [0.29, 0.717) is 28.5 Å². The van der Waals surface area contributed by atoms with Gasteiger partial charge in [-0.15, -0.1) is 0 Å². The van der Waals surface area contributed by atoms with Crippen LogP contribution in [0, 0.1) is 0 Å². The Hall–Kier alpha value is -4.33. The van der Waals surface area contributed by atoms with Crippen molar-refractivity contribution in [3.63, 3.8) is 0 Å². The monoisotopic (exact) mass is 460 g/mol. The number of amides is 1. The SMILES string of the molecule is COc1ccccc1CN1C(=O)C(=O)/C(=C(/O)c2c(OC)cccc2OC)C1c1ccccn1. The zero-order chi connectivity index (χ0) is 24.2. The summed E-state index contributed by atoms with van der Waals surface area (Å²) in [6.07, 6.45) is 1.57. The third-order valence-electron chi connectivity index (χ3n) is 5.71. The fraction of sp³-hybridized carbons (Fsp3) is 0.192. The number of likely N-dealkylation sites (tertiary alicyclic amines) is 1. The molecule has 0 saturated carbocycles. The van der Waals surface area contributed by atoms with E-state index in [2.05, 4.69) is 4.98 Å². The van der Waals surface area contributed by atoms with Crippen LogP contribution in [-0.4, -0.2) is 48.0 Å². The summed E-state index contributed by atoms with van der Waals surface area (Å²) < 4.78 is 16.2. The average Bonchev–Trinajstić information content (AvgIpc) is 3.13. The smallest absolute Gasteiger partial charge is 0.296 e. The third kappa shape index (κ3) is 3.94. The highest BCUT2D eigenvalue weighted by atomic mass is 16.5. The third-order valence-corrected chi connectivity index (χ3v) is 5.71. The Morgan fingerprint density at radius 2 is 1.50 bits per heavy atom. The molecule has 34 heavy (non-hydrogen) atoms. The minimum Gasteiger partial charge on any atom is -0.506 e. The number of pyridine rings is 1. The topological polar surface area (TPSA) is 98.2 Å². The minimum atomic E-state index is -0.930. The standard InChI is InChI=1S/C26H24N2O6/c1-32-18-11-5-4-9-16(18)15-28-23(17-10-6-7-14-27-17)22(25(30)26(28)31)24(29)21-19(33-2)12-8-13-20(21)34-3/h4-14,23,29H,15H2,1-3H3/b24-22+. The number of para-hydroxylation sites is 1. The predicted molar refractivity (Wildman–Crippen MR) is 125 cm³/mol. The van der Waals surface area contributed by atoms with Crippen LogP contribution in [0.4, 0.5) is 0 Å².